The minimum Gasteiger partial charge on any atom is -0.548 e. The van der Waals surface area contributed by atoms with Crippen LogP contribution in [0.3, 0.4) is 0 Å². The maximum Gasteiger partial charge on any atom is 0.410 e. The maximum absolute atomic E-state index is 12.3. The van der Waals surface area contributed by atoms with Gasteiger partial charge in [0.05, 0.1) is 12.0 Å². The van der Waals surface area contributed by atoms with Gasteiger partial charge in [0.25, 0.3) is 0 Å². The van der Waals surface area contributed by atoms with Gasteiger partial charge < -0.3 is 14.6 Å². The molecule has 1 aliphatic carbocycles. The number of nitrogens with zero attached hydrogens (tertiary/aromatic N) is 1. The van der Waals surface area contributed by atoms with Crippen molar-refractivity contribution >= 4 is 12.1 Å². The number of aliphatic carboxylic acids is 1. The molecule has 126 valence electrons. The van der Waals surface area contributed by atoms with Crippen LogP contribution >= 0.6 is 0 Å². The number of carboxylic acid groups (broad SMARTS) is 1. The predicted molar refractivity (Wildman–Crippen MR) is 89.7 cm³/mol. The molecule has 0 unspecified atom stereocenters. The molecule has 25 heavy (non-hydrogen) atoms. The van der Waals surface area contributed by atoms with Gasteiger partial charge in [-0.2, -0.15) is 0 Å². The van der Waals surface area contributed by atoms with Crippen molar-refractivity contribution < 1.29 is 19.4 Å². The summed E-state index contributed by atoms with van der Waals surface area (Å²) < 4.78 is 5.46. The summed E-state index contributed by atoms with van der Waals surface area (Å²) in [5, 5.41) is 11.1. The van der Waals surface area contributed by atoms with Crippen LogP contribution in [0.5, 0.6) is 0 Å². The Morgan fingerprint density at radius 3 is 2.24 bits per heavy atom. The molecule has 0 spiro atoms. The van der Waals surface area contributed by atoms with Gasteiger partial charge >= 0.3 is 6.09 Å². The molecule has 2 aliphatic rings. The largest absolute Gasteiger partial charge is 0.548 e. The molecular weight excluding hydrogens is 318 g/mol. The summed E-state index contributed by atoms with van der Waals surface area (Å²) in [6.45, 7) is 0.387. The van der Waals surface area contributed by atoms with Crippen molar-refractivity contribution in [1.82, 2.24) is 4.90 Å². The number of hydrogen-bond acceptors (Lipinski definition) is 4. The highest BCUT2D eigenvalue weighted by atomic mass is 16.6. The van der Waals surface area contributed by atoms with Crippen LogP contribution in [0.2, 0.25) is 0 Å². The molecule has 2 aromatic rings. The first-order valence-corrected chi connectivity index (χ1v) is 8.16. The fraction of sp³-hybridized carbons (Fsp3) is 0.200. The van der Waals surface area contributed by atoms with Crippen LogP contribution in [0.4, 0.5) is 4.79 Å². The number of rotatable bonds is 3. The Labute approximate surface area is 145 Å². The summed E-state index contributed by atoms with van der Waals surface area (Å²) in [4.78, 5) is 24.6. The van der Waals surface area contributed by atoms with E-state index in [2.05, 4.69) is 12.1 Å². The van der Waals surface area contributed by atoms with E-state index in [9.17, 15) is 14.7 Å². The van der Waals surface area contributed by atoms with Crippen LogP contribution in [0.15, 0.2) is 60.7 Å². The summed E-state index contributed by atoms with van der Waals surface area (Å²) in [5.74, 6) is -1.35. The number of amides is 1. The number of carbonyl (C=O) groups excluding carboxylic acids is 2. The first kappa shape index (κ1) is 15.4. The molecule has 1 heterocycles. The fourth-order valence-electron chi connectivity index (χ4n) is 3.59. The van der Waals surface area contributed by atoms with Gasteiger partial charge in [-0.1, -0.05) is 60.7 Å². The molecule has 2 aromatic carbocycles. The molecule has 0 aromatic heterocycles. The van der Waals surface area contributed by atoms with Gasteiger partial charge in [-0.3, -0.25) is 4.90 Å². The predicted octanol–water partition coefficient (Wildman–Crippen LogP) is 1.93. The average Bonchev–Trinajstić information content (AvgIpc) is 3.23. The summed E-state index contributed by atoms with van der Waals surface area (Å²) in [6.07, 6.45) is 2.43. The highest BCUT2D eigenvalue weighted by Gasteiger charge is 2.31. The van der Waals surface area contributed by atoms with Gasteiger partial charge in [-0.05, 0) is 22.3 Å². The molecule has 0 radical (unpaired) electrons. The molecule has 0 bridgehead atoms. The quantitative estimate of drug-likeness (QED) is 0.804. The monoisotopic (exact) mass is 334 g/mol. The van der Waals surface area contributed by atoms with Gasteiger partial charge in [0.1, 0.15) is 6.61 Å². The van der Waals surface area contributed by atoms with E-state index >= 15 is 0 Å². The molecule has 0 saturated carbocycles. The number of hydrogen-bond donors (Lipinski definition) is 0. The second-order valence-electron chi connectivity index (χ2n) is 6.15. The Balaban J connectivity index is 1.54. The molecule has 0 N–H and O–H groups in total. The molecule has 5 nitrogen and oxygen atoms in total. The smallest absolute Gasteiger partial charge is 0.410 e. The zero-order chi connectivity index (χ0) is 17.4. The Kier molecular flexibility index (Phi) is 3.76. The van der Waals surface area contributed by atoms with Gasteiger partial charge in [-0.25, -0.2) is 4.79 Å². The first-order valence-electron chi connectivity index (χ1n) is 8.16. The van der Waals surface area contributed by atoms with Gasteiger partial charge in [0.15, 0.2) is 0 Å². The van der Waals surface area contributed by atoms with E-state index in [0.29, 0.717) is 0 Å². The topological polar surface area (TPSA) is 69.7 Å². The highest BCUT2D eigenvalue weighted by Crippen LogP contribution is 2.44. The van der Waals surface area contributed by atoms with Crippen molar-refractivity contribution in [3.05, 3.63) is 71.8 Å². The van der Waals surface area contributed by atoms with E-state index in [-0.39, 0.29) is 19.1 Å². The lowest BCUT2D eigenvalue weighted by Gasteiger charge is -2.25. The summed E-state index contributed by atoms with van der Waals surface area (Å²) in [7, 11) is 0. The van der Waals surface area contributed by atoms with E-state index in [0.717, 1.165) is 27.2 Å². The van der Waals surface area contributed by atoms with Crippen LogP contribution in [-0.4, -0.2) is 36.2 Å². The van der Waals surface area contributed by atoms with Crippen molar-refractivity contribution in [2.45, 2.75) is 12.0 Å². The Bertz CT molecular complexity index is 828. The molecule has 0 saturated heterocycles. The zero-order valence-electron chi connectivity index (χ0n) is 13.4. The van der Waals surface area contributed by atoms with E-state index in [1.54, 1.807) is 6.08 Å². The average molecular weight is 334 g/mol. The van der Waals surface area contributed by atoms with E-state index in [1.807, 2.05) is 36.4 Å². The van der Waals surface area contributed by atoms with Gasteiger partial charge in [-0.15, -0.1) is 0 Å². The molecule has 0 fully saturated rings. The molecule has 1 aliphatic heterocycles. The minimum atomic E-state index is -1.30. The molecule has 1 atom stereocenters. The number of carbonyl (C=O) groups is 2. The second-order valence-corrected chi connectivity index (χ2v) is 6.15. The summed E-state index contributed by atoms with van der Waals surface area (Å²) in [6, 6.07) is 15.1. The zero-order valence-corrected chi connectivity index (χ0v) is 13.4. The van der Waals surface area contributed by atoms with Gasteiger partial charge in [0, 0.05) is 12.5 Å². The van der Waals surface area contributed by atoms with E-state index in [1.165, 1.54) is 6.08 Å². The lowest BCUT2D eigenvalue weighted by Crippen LogP contribution is -2.47. The van der Waals surface area contributed by atoms with Crippen LogP contribution in [0.25, 0.3) is 11.1 Å². The Hall–Kier alpha value is -3.08. The molecular formula is C20H16NO4-. The number of fused-ring (bicyclic) bond motifs is 3. The maximum atomic E-state index is 12.3. The summed E-state index contributed by atoms with van der Waals surface area (Å²) in [5.41, 5.74) is 4.53. The van der Waals surface area contributed by atoms with E-state index in [4.69, 9.17) is 4.74 Å². The Morgan fingerprint density at radius 1 is 1.04 bits per heavy atom. The number of ether oxygens (including phenoxy) is 1. The van der Waals surface area contributed by atoms with Crippen molar-refractivity contribution in [3.63, 3.8) is 0 Å². The van der Waals surface area contributed by atoms with Crippen molar-refractivity contribution in [1.29, 1.82) is 0 Å². The molecule has 1 amide bonds. The standard InChI is InChI=1S/C20H17NO4/c22-19(23)18-10-5-11-21(18)20(24)25-12-17-15-8-3-1-6-13(15)14-7-2-4-9-16(14)17/h1-10,17-18H,11-12H2,(H,22,23)/p-1/t18-/m0/s1. The minimum absolute atomic E-state index is 0.0479. The lowest BCUT2D eigenvalue weighted by molar-refractivity contribution is -0.308. The molecule has 5 heteroatoms. The normalized spacial score (nSPS) is 18.1. The van der Waals surface area contributed by atoms with Gasteiger partial charge in [0.2, 0.25) is 0 Å². The summed E-state index contributed by atoms with van der Waals surface area (Å²) >= 11 is 0. The van der Waals surface area contributed by atoms with Crippen LogP contribution in [0, 0.1) is 0 Å². The van der Waals surface area contributed by atoms with Crippen LogP contribution in [-0.2, 0) is 9.53 Å². The van der Waals surface area contributed by atoms with Crippen LogP contribution < -0.4 is 5.11 Å². The third-order valence-corrected chi connectivity index (χ3v) is 4.77. The highest BCUT2D eigenvalue weighted by molar-refractivity contribution is 5.82. The third-order valence-electron chi connectivity index (χ3n) is 4.77. The van der Waals surface area contributed by atoms with Crippen molar-refractivity contribution in [2.75, 3.05) is 13.2 Å². The third kappa shape index (κ3) is 2.58. The van der Waals surface area contributed by atoms with E-state index < -0.39 is 18.1 Å². The SMILES string of the molecule is O=C([O-])[C@@H]1C=CCN1C(=O)OCC1c2ccccc2-c2ccccc21. The first-order chi connectivity index (χ1) is 12.2. The fourth-order valence-corrected chi connectivity index (χ4v) is 3.59. The second kappa shape index (κ2) is 6.09. The van der Waals surface area contributed by atoms with Crippen LogP contribution in [0.1, 0.15) is 17.0 Å². The molecule has 4 rings (SSSR count). The van der Waals surface area contributed by atoms with Crippen molar-refractivity contribution in [3.8, 4) is 11.1 Å². The van der Waals surface area contributed by atoms with Crippen molar-refractivity contribution in [2.24, 2.45) is 0 Å². The Morgan fingerprint density at radius 2 is 1.64 bits per heavy atom. The number of carboxylic acids is 1. The number of benzene rings is 2. The lowest BCUT2D eigenvalue weighted by atomic mass is 9.98.